The van der Waals surface area contributed by atoms with Gasteiger partial charge in [0.25, 0.3) is 5.69 Å². The predicted octanol–water partition coefficient (Wildman–Crippen LogP) is 0.888. The summed E-state index contributed by atoms with van der Waals surface area (Å²) in [6, 6.07) is 7.39. The van der Waals surface area contributed by atoms with Crippen molar-refractivity contribution in [3.8, 4) is 6.07 Å². The van der Waals surface area contributed by atoms with E-state index in [9.17, 15) is 14.9 Å². The van der Waals surface area contributed by atoms with E-state index < -0.39 is 11.0 Å². The van der Waals surface area contributed by atoms with Gasteiger partial charge in [0.2, 0.25) is 5.91 Å². The summed E-state index contributed by atoms with van der Waals surface area (Å²) in [6.45, 7) is 0.974. The van der Waals surface area contributed by atoms with Gasteiger partial charge >= 0.3 is 0 Å². The minimum Gasteiger partial charge on any atom is -0.376 e. The molecule has 0 spiro atoms. The molecule has 7 heteroatoms. The van der Waals surface area contributed by atoms with Crippen molar-refractivity contribution < 1.29 is 14.5 Å². The smallest absolute Gasteiger partial charge is 0.269 e. The lowest BCUT2D eigenvalue weighted by Crippen LogP contribution is -2.48. The zero-order chi connectivity index (χ0) is 14.5. The van der Waals surface area contributed by atoms with Gasteiger partial charge in [-0.3, -0.25) is 14.9 Å². The Kier molecular flexibility index (Phi) is 4.27. The first-order valence-corrected chi connectivity index (χ1v) is 6.12. The van der Waals surface area contributed by atoms with Crippen molar-refractivity contribution in [1.29, 1.82) is 5.26 Å². The highest BCUT2D eigenvalue weighted by molar-refractivity contribution is 5.79. The fourth-order valence-electron chi connectivity index (χ4n) is 2.07. The van der Waals surface area contributed by atoms with Crippen molar-refractivity contribution in [2.45, 2.75) is 12.5 Å². The average Bonchev–Trinajstić information content (AvgIpc) is 2.47. The van der Waals surface area contributed by atoms with Crippen molar-refractivity contribution in [3.05, 3.63) is 39.9 Å². The van der Waals surface area contributed by atoms with Crippen LogP contribution in [-0.4, -0.2) is 41.5 Å². The number of hydrogen-bond donors (Lipinski definition) is 0. The second-order valence-corrected chi connectivity index (χ2v) is 4.41. The number of nitro groups is 1. The number of morpholine rings is 1. The molecular weight excluding hydrogens is 262 g/mol. The Labute approximate surface area is 115 Å². The number of nitriles is 1. The van der Waals surface area contributed by atoms with Gasteiger partial charge in [-0.1, -0.05) is 12.1 Å². The Morgan fingerprint density at radius 1 is 1.60 bits per heavy atom. The summed E-state index contributed by atoms with van der Waals surface area (Å²) >= 11 is 0. The molecule has 1 unspecified atom stereocenters. The molecule has 1 aliphatic rings. The summed E-state index contributed by atoms with van der Waals surface area (Å²) in [5, 5.41) is 19.7. The van der Waals surface area contributed by atoms with E-state index in [0.717, 1.165) is 0 Å². The largest absolute Gasteiger partial charge is 0.376 e. The molecule has 1 atom stereocenters. The Balaban J connectivity index is 2.09. The van der Waals surface area contributed by atoms with Crippen LogP contribution in [0.2, 0.25) is 0 Å². The quantitative estimate of drug-likeness (QED) is 0.602. The van der Waals surface area contributed by atoms with Gasteiger partial charge in [0, 0.05) is 18.7 Å². The van der Waals surface area contributed by atoms with Gasteiger partial charge in [-0.05, 0) is 5.56 Å². The average molecular weight is 275 g/mol. The van der Waals surface area contributed by atoms with E-state index in [1.165, 1.54) is 17.0 Å². The van der Waals surface area contributed by atoms with E-state index >= 15 is 0 Å². The fourth-order valence-corrected chi connectivity index (χ4v) is 2.07. The van der Waals surface area contributed by atoms with E-state index in [1.807, 2.05) is 6.07 Å². The molecule has 0 N–H and O–H groups in total. The van der Waals surface area contributed by atoms with Crippen LogP contribution in [0.4, 0.5) is 5.69 Å². The number of carbonyl (C=O) groups excluding carboxylic acids is 1. The monoisotopic (exact) mass is 275 g/mol. The number of amides is 1. The maximum atomic E-state index is 12.2. The highest BCUT2D eigenvalue weighted by Crippen LogP contribution is 2.15. The first-order valence-electron chi connectivity index (χ1n) is 6.12. The molecule has 1 aromatic carbocycles. The van der Waals surface area contributed by atoms with Crippen LogP contribution >= 0.6 is 0 Å². The molecule has 1 aromatic rings. The van der Waals surface area contributed by atoms with Gasteiger partial charge in [0.05, 0.1) is 30.6 Å². The van der Waals surface area contributed by atoms with Crippen LogP contribution in [0.1, 0.15) is 5.56 Å². The molecular formula is C13H13N3O4. The molecule has 1 fully saturated rings. The van der Waals surface area contributed by atoms with Crippen LogP contribution in [0.25, 0.3) is 0 Å². The Morgan fingerprint density at radius 2 is 2.40 bits per heavy atom. The predicted molar refractivity (Wildman–Crippen MR) is 68.7 cm³/mol. The van der Waals surface area contributed by atoms with Crippen molar-refractivity contribution in [2.75, 3.05) is 19.8 Å². The van der Waals surface area contributed by atoms with E-state index in [2.05, 4.69) is 0 Å². The van der Waals surface area contributed by atoms with Crippen LogP contribution in [0.3, 0.4) is 0 Å². The molecule has 0 saturated carbocycles. The second-order valence-electron chi connectivity index (χ2n) is 4.41. The molecule has 0 aromatic heterocycles. The number of hydrogen-bond acceptors (Lipinski definition) is 5. The summed E-state index contributed by atoms with van der Waals surface area (Å²) in [5.74, 6) is -0.222. The summed E-state index contributed by atoms with van der Waals surface area (Å²) in [6.07, 6.45) is 0.0415. The SMILES string of the molecule is N#CC1COCCN1C(=O)Cc1cccc([N+](=O)[O-])c1. The van der Waals surface area contributed by atoms with Gasteiger partial charge in [-0.25, -0.2) is 0 Å². The van der Waals surface area contributed by atoms with Crippen molar-refractivity contribution in [3.63, 3.8) is 0 Å². The third-order valence-electron chi connectivity index (χ3n) is 3.07. The Morgan fingerprint density at radius 3 is 3.10 bits per heavy atom. The van der Waals surface area contributed by atoms with Gasteiger partial charge in [-0.2, -0.15) is 5.26 Å². The number of non-ortho nitro benzene ring substituents is 1. The molecule has 1 aliphatic heterocycles. The van der Waals surface area contributed by atoms with Crippen molar-refractivity contribution in [1.82, 2.24) is 4.90 Å². The molecule has 0 aliphatic carbocycles. The Hall–Kier alpha value is -2.46. The van der Waals surface area contributed by atoms with Gasteiger partial charge < -0.3 is 9.64 Å². The normalized spacial score (nSPS) is 18.4. The van der Waals surface area contributed by atoms with E-state index in [1.54, 1.807) is 12.1 Å². The standard InChI is InChI=1S/C13H13N3O4/c14-8-12-9-20-5-4-15(12)13(17)7-10-2-1-3-11(6-10)16(18)19/h1-3,6,12H,4-5,7,9H2. The van der Waals surface area contributed by atoms with Gasteiger partial charge in [-0.15, -0.1) is 0 Å². The number of rotatable bonds is 3. The number of carbonyl (C=O) groups is 1. The Bertz CT molecular complexity index is 567. The van der Waals surface area contributed by atoms with Gasteiger partial charge in [0.1, 0.15) is 6.04 Å². The van der Waals surface area contributed by atoms with E-state index in [4.69, 9.17) is 10.00 Å². The van der Waals surface area contributed by atoms with Crippen molar-refractivity contribution >= 4 is 11.6 Å². The molecule has 20 heavy (non-hydrogen) atoms. The first kappa shape index (κ1) is 14.0. The molecule has 0 radical (unpaired) electrons. The zero-order valence-corrected chi connectivity index (χ0v) is 10.7. The highest BCUT2D eigenvalue weighted by atomic mass is 16.6. The third kappa shape index (κ3) is 3.10. The third-order valence-corrected chi connectivity index (χ3v) is 3.07. The van der Waals surface area contributed by atoms with E-state index in [0.29, 0.717) is 18.7 Å². The highest BCUT2D eigenvalue weighted by Gasteiger charge is 2.27. The van der Waals surface area contributed by atoms with Crippen LogP contribution in [0.15, 0.2) is 24.3 Å². The van der Waals surface area contributed by atoms with E-state index in [-0.39, 0.29) is 24.6 Å². The summed E-state index contributed by atoms with van der Waals surface area (Å²) in [4.78, 5) is 23.8. The minimum atomic E-state index is -0.588. The number of nitrogens with zero attached hydrogens (tertiary/aromatic N) is 3. The lowest BCUT2D eigenvalue weighted by Gasteiger charge is -2.31. The molecule has 104 valence electrons. The molecule has 0 bridgehead atoms. The minimum absolute atomic E-state index is 0.0415. The fraction of sp³-hybridized carbons (Fsp3) is 0.385. The molecule has 7 nitrogen and oxygen atoms in total. The van der Waals surface area contributed by atoms with Crippen LogP contribution in [0, 0.1) is 21.4 Å². The lowest BCUT2D eigenvalue weighted by molar-refractivity contribution is -0.384. The molecule has 2 rings (SSSR count). The summed E-state index contributed by atoms with van der Waals surface area (Å²) in [7, 11) is 0. The molecule has 1 heterocycles. The second kappa shape index (κ2) is 6.12. The maximum Gasteiger partial charge on any atom is 0.269 e. The van der Waals surface area contributed by atoms with Crippen molar-refractivity contribution in [2.24, 2.45) is 0 Å². The maximum absolute atomic E-state index is 12.2. The molecule has 1 saturated heterocycles. The number of benzene rings is 1. The first-order chi connectivity index (χ1) is 9.61. The van der Waals surface area contributed by atoms with Crippen LogP contribution in [-0.2, 0) is 16.0 Å². The summed E-state index contributed by atoms with van der Waals surface area (Å²) < 4.78 is 5.15. The summed E-state index contributed by atoms with van der Waals surface area (Å²) in [5.41, 5.74) is 0.515. The van der Waals surface area contributed by atoms with Crippen LogP contribution < -0.4 is 0 Å². The van der Waals surface area contributed by atoms with Crippen LogP contribution in [0.5, 0.6) is 0 Å². The number of nitro benzene ring substituents is 1. The zero-order valence-electron chi connectivity index (χ0n) is 10.7. The molecule has 1 amide bonds. The topological polar surface area (TPSA) is 96.5 Å². The lowest BCUT2D eigenvalue weighted by atomic mass is 10.1. The van der Waals surface area contributed by atoms with Gasteiger partial charge in [0.15, 0.2) is 0 Å². The number of ether oxygens (including phenoxy) is 1.